The second-order valence-corrected chi connectivity index (χ2v) is 9.84. The molecule has 3 aromatic rings. The number of nitrogens with zero attached hydrogens (tertiary/aromatic N) is 4. The molecule has 0 saturated carbocycles. The van der Waals surface area contributed by atoms with Gasteiger partial charge < -0.3 is 5.32 Å². The quantitative estimate of drug-likeness (QED) is 0.604. The van der Waals surface area contributed by atoms with Gasteiger partial charge in [-0.05, 0) is 43.2 Å². The van der Waals surface area contributed by atoms with Gasteiger partial charge in [-0.3, -0.25) is 4.79 Å². The molecule has 32 heavy (non-hydrogen) atoms. The maximum Gasteiger partial charge on any atom is 0.286 e. The second kappa shape index (κ2) is 8.70. The molecule has 0 unspecified atom stereocenters. The van der Waals surface area contributed by atoms with E-state index in [-0.39, 0.29) is 27.7 Å². The molecule has 0 spiro atoms. The van der Waals surface area contributed by atoms with Crippen LogP contribution in [-0.4, -0.2) is 35.4 Å². The zero-order valence-electron chi connectivity index (χ0n) is 16.3. The molecule has 1 amide bonds. The van der Waals surface area contributed by atoms with Gasteiger partial charge in [-0.1, -0.05) is 17.4 Å². The fraction of sp³-hybridized carbons (Fsp3) is 0.200. The maximum atomic E-state index is 13.8. The van der Waals surface area contributed by atoms with Gasteiger partial charge in [0.15, 0.2) is 0 Å². The lowest BCUT2D eigenvalue weighted by molar-refractivity contribution is 0.102. The van der Waals surface area contributed by atoms with Gasteiger partial charge in [0, 0.05) is 12.6 Å². The molecule has 2 aromatic carbocycles. The highest BCUT2D eigenvalue weighted by atomic mass is 32.2. The molecule has 1 N–H and O–H groups in total. The van der Waals surface area contributed by atoms with Crippen molar-refractivity contribution in [1.29, 1.82) is 5.26 Å². The molecule has 1 fully saturated rings. The first-order valence-corrected chi connectivity index (χ1v) is 11.7. The third-order valence-electron chi connectivity index (χ3n) is 4.87. The van der Waals surface area contributed by atoms with Crippen molar-refractivity contribution in [2.45, 2.75) is 23.8 Å². The molecule has 1 atom stereocenters. The van der Waals surface area contributed by atoms with Crippen LogP contribution < -0.4 is 5.32 Å². The summed E-state index contributed by atoms with van der Waals surface area (Å²) in [5, 5.41) is 19.4. The Hall–Kier alpha value is -3.27. The molecule has 8 nitrogen and oxygen atoms in total. The SMILES string of the molecule is N#Cc1cccc(S(=O)(=O)N2CCC[C@H]2c2nnc(C(=O)Nc3ccc(F)cc3F)s2)c1. The van der Waals surface area contributed by atoms with Crippen LogP contribution in [0.3, 0.4) is 0 Å². The van der Waals surface area contributed by atoms with E-state index in [0.717, 1.165) is 23.5 Å². The summed E-state index contributed by atoms with van der Waals surface area (Å²) in [5.41, 5.74) is 0.0142. The van der Waals surface area contributed by atoms with Crippen LogP contribution >= 0.6 is 11.3 Å². The van der Waals surface area contributed by atoms with Gasteiger partial charge in [-0.2, -0.15) is 9.57 Å². The Kier molecular flexibility index (Phi) is 5.96. The molecule has 0 aliphatic carbocycles. The Morgan fingerprint density at radius 2 is 2.03 bits per heavy atom. The third kappa shape index (κ3) is 4.22. The van der Waals surface area contributed by atoms with E-state index in [0.29, 0.717) is 23.9 Å². The fourth-order valence-corrected chi connectivity index (χ4v) is 6.02. The molecule has 0 radical (unpaired) electrons. The molecule has 1 saturated heterocycles. The number of nitriles is 1. The molecule has 164 valence electrons. The number of hydrogen-bond acceptors (Lipinski definition) is 7. The molecule has 1 aliphatic rings. The van der Waals surface area contributed by atoms with Crippen LogP contribution in [0.25, 0.3) is 0 Å². The summed E-state index contributed by atoms with van der Waals surface area (Å²) in [6, 6.07) is 9.78. The van der Waals surface area contributed by atoms with Crippen molar-refractivity contribution in [2.24, 2.45) is 0 Å². The summed E-state index contributed by atoms with van der Waals surface area (Å²) >= 11 is 0.900. The summed E-state index contributed by atoms with van der Waals surface area (Å²) < 4.78 is 54.4. The van der Waals surface area contributed by atoms with Crippen molar-refractivity contribution in [3.63, 3.8) is 0 Å². The van der Waals surface area contributed by atoms with Crippen LogP contribution in [0.15, 0.2) is 47.4 Å². The maximum absolute atomic E-state index is 13.8. The van der Waals surface area contributed by atoms with E-state index in [1.54, 1.807) is 0 Å². The Morgan fingerprint density at radius 3 is 2.78 bits per heavy atom. The Bertz CT molecular complexity index is 1340. The number of amides is 1. The van der Waals surface area contributed by atoms with Crippen LogP contribution in [0.2, 0.25) is 0 Å². The van der Waals surface area contributed by atoms with E-state index in [4.69, 9.17) is 5.26 Å². The van der Waals surface area contributed by atoms with Crippen molar-refractivity contribution in [2.75, 3.05) is 11.9 Å². The number of anilines is 1. The predicted molar refractivity (Wildman–Crippen MR) is 111 cm³/mol. The summed E-state index contributed by atoms with van der Waals surface area (Å²) in [7, 11) is -3.90. The number of nitrogens with one attached hydrogen (secondary N) is 1. The summed E-state index contributed by atoms with van der Waals surface area (Å²) in [6.07, 6.45) is 1.07. The van der Waals surface area contributed by atoms with Gasteiger partial charge in [0.05, 0.1) is 28.3 Å². The van der Waals surface area contributed by atoms with Crippen molar-refractivity contribution in [3.05, 3.63) is 69.7 Å². The summed E-state index contributed by atoms with van der Waals surface area (Å²) in [4.78, 5) is 12.4. The molecular formula is C20H15F2N5O3S2. The fourth-order valence-electron chi connectivity index (χ4n) is 3.36. The highest BCUT2D eigenvalue weighted by molar-refractivity contribution is 7.89. The lowest BCUT2D eigenvalue weighted by Gasteiger charge is -2.22. The second-order valence-electron chi connectivity index (χ2n) is 6.94. The molecular weight excluding hydrogens is 460 g/mol. The average Bonchev–Trinajstić information content (AvgIpc) is 3.45. The lowest BCUT2D eigenvalue weighted by atomic mass is 10.2. The van der Waals surface area contributed by atoms with Crippen molar-refractivity contribution < 1.29 is 22.0 Å². The van der Waals surface area contributed by atoms with Gasteiger partial charge >= 0.3 is 0 Å². The smallest absolute Gasteiger partial charge is 0.286 e. The van der Waals surface area contributed by atoms with Crippen molar-refractivity contribution in [3.8, 4) is 6.07 Å². The minimum absolute atomic E-state index is 0.00211. The van der Waals surface area contributed by atoms with E-state index in [9.17, 15) is 22.0 Å². The molecule has 12 heteroatoms. The molecule has 4 rings (SSSR count). The number of aromatic nitrogens is 2. The molecule has 2 heterocycles. The summed E-state index contributed by atoms with van der Waals surface area (Å²) in [6.45, 7) is 0.256. The van der Waals surface area contributed by atoms with Gasteiger partial charge in [-0.25, -0.2) is 17.2 Å². The minimum atomic E-state index is -3.90. The van der Waals surface area contributed by atoms with Crippen LogP contribution in [-0.2, 0) is 10.0 Å². The standard InChI is InChI=1S/C20H15F2N5O3S2/c21-13-6-7-16(15(22)10-13)24-18(28)20-26-25-19(31-20)17-5-2-8-27(17)32(29,30)14-4-1-3-12(9-14)11-23/h1,3-4,6-7,9-10,17H,2,5,8H2,(H,24,28)/t17-/m0/s1. The number of carbonyl (C=O) groups is 1. The monoisotopic (exact) mass is 475 g/mol. The van der Waals surface area contributed by atoms with Gasteiger partial charge in [0.25, 0.3) is 5.91 Å². The summed E-state index contributed by atoms with van der Waals surface area (Å²) in [5.74, 6) is -2.45. The molecule has 0 bridgehead atoms. The number of sulfonamides is 1. The third-order valence-corrected chi connectivity index (χ3v) is 7.80. The van der Waals surface area contributed by atoms with E-state index >= 15 is 0 Å². The van der Waals surface area contributed by atoms with Crippen LogP contribution in [0.4, 0.5) is 14.5 Å². The zero-order valence-corrected chi connectivity index (χ0v) is 18.0. The highest BCUT2D eigenvalue weighted by Gasteiger charge is 2.38. The van der Waals surface area contributed by atoms with Crippen molar-refractivity contribution >= 4 is 33.0 Å². The van der Waals surface area contributed by atoms with Crippen LogP contribution in [0, 0.1) is 23.0 Å². The Morgan fingerprint density at radius 1 is 1.22 bits per heavy atom. The number of benzene rings is 2. The average molecular weight is 476 g/mol. The Labute approximate surface area is 186 Å². The zero-order chi connectivity index (χ0) is 22.9. The first kappa shape index (κ1) is 21.9. The first-order chi connectivity index (χ1) is 15.3. The van der Waals surface area contributed by atoms with Gasteiger partial charge in [0.1, 0.15) is 16.6 Å². The van der Waals surface area contributed by atoms with E-state index in [1.807, 2.05) is 6.07 Å². The molecule has 1 aromatic heterocycles. The normalized spacial score (nSPS) is 16.6. The largest absolute Gasteiger partial charge is 0.317 e. The number of halogens is 2. The number of hydrogen-bond donors (Lipinski definition) is 1. The predicted octanol–water partition coefficient (Wildman–Crippen LogP) is 3.47. The first-order valence-electron chi connectivity index (χ1n) is 9.41. The number of carbonyl (C=O) groups excluding carboxylic acids is 1. The highest BCUT2D eigenvalue weighted by Crippen LogP contribution is 2.38. The van der Waals surface area contributed by atoms with Gasteiger partial charge in [-0.15, -0.1) is 10.2 Å². The van der Waals surface area contributed by atoms with Crippen LogP contribution in [0.1, 0.15) is 39.3 Å². The minimum Gasteiger partial charge on any atom is -0.317 e. The number of rotatable bonds is 5. The van der Waals surface area contributed by atoms with E-state index in [1.165, 1.54) is 28.6 Å². The topological polar surface area (TPSA) is 116 Å². The van der Waals surface area contributed by atoms with Crippen molar-refractivity contribution in [1.82, 2.24) is 14.5 Å². The Balaban J connectivity index is 1.56. The van der Waals surface area contributed by atoms with E-state index in [2.05, 4.69) is 15.5 Å². The van der Waals surface area contributed by atoms with Crippen LogP contribution in [0.5, 0.6) is 0 Å². The lowest BCUT2D eigenvalue weighted by Crippen LogP contribution is -2.30. The van der Waals surface area contributed by atoms with E-state index < -0.39 is 33.6 Å². The van der Waals surface area contributed by atoms with Gasteiger partial charge in [0.2, 0.25) is 15.0 Å². The molecule has 1 aliphatic heterocycles.